The van der Waals surface area contributed by atoms with E-state index in [1.165, 1.54) is 17.7 Å². The van der Waals surface area contributed by atoms with Crippen molar-refractivity contribution in [2.45, 2.75) is 19.3 Å². The number of nitrogens with zero attached hydrogens (tertiary/aromatic N) is 3. The fourth-order valence-electron chi connectivity index (χ4n) is 3.47. The first-order chi connectivity index (χ1) is 13.2. The Morgan fingerprint density at radius 1 is 1.07 bits per heavy atom. The summed E-state index contributed by atoms with van der Waals surface area (Å²) in [5.74, 6) is 0.0250. The van der Waals surface area contributed by atoms with Gasteiger partial charge >= 0.3 is 11.8 Å². The van der Waals surface area contributed by atoms with Gasteiger partial charge in [-0.3, -0.25) is 4.79 Å². The van der Waals surface area contributed by atoms with Crippen molar-refractivity contribution in [2.75, 3.05) is 13.1 Å². The Bertz CT molecular complexity index is 918. The third-order valence-corrected chi connectivity index (χ3v) is 4.95. The molecule has 1 amide bonds. The van der Waals surface area contributed by atoms with Gasteiger partial charge in [0.2, 0.25) is 5.89 Å². The average molecular weight is 365 g/mol. The molecule has 0 N–H and O–H groups in total. The second-order valence-corrected chi connectivity index (χ2v) is 6.85. The number of carbonyl (C=O) groups is 1. The lowest BCUT2D eigenvalue weighted by atomic mass is 9.90. The number of halogens is 1. The maximum Gasteiger partial charge on any atom is 0.311 e. The SMILES string of the molecule is O=C(c1nnc(-c2cccc(F)c2)o1)N1CCC(Cc2ccccc2)CC1. The molecule has 2 heterocycles. The molecule has 6 heteroatoms. The highest BCUT2D eigenvalue weighted by Crippen LogP contribution is 2.24. The standard InChI is InChI=1S/C21H20FN3O2/c22-18-8-4-7-17(14-18)19-23-24-20(27-19)21(26)25-11-9-16(10-12-25)13-15-5-2-1-3-6-15/h1-8,14,16H,9-13H2. The van der Waals surface area contributed by atoms with Crippen molar-refractivity contribution in [3.05, 3.63) is 71.9 Å². The van der Waals surface area contributed by atoms with Crippen LogP contribution >= 0.6 is 0 Å². The highest BCUT2D eigenvalue weighted by Gasteiger charge is 2.27. The van der Waals surface area contributed by atoms with Gasteiger partial charge in [-0.1, -0.05) is 36.4 Å². The van der Waals surface area contributed by atoms with Crippen LogP contribution in [0, 0.1) is 11.7 Å². The molecule has 27 heavy (non-hydrogen) atoms. The summed E-state index contributed by atoms with van der Waals surface area (Å²) in [6.07, 6.45) is 2.93. The minimum absolute atomic E-state index is 0.0456. The van der Waals surface area contributed by atoms with E-state index in [2.05, 4.69) is 34.5 Å². The number of hydrogen-bond acceptors (Lipinski definition) is 4. The molecule has 4 rings (SSSR count). The van der Waals surface area contributed by atoms with E-state index in [0.717, 1.165) is 19.3 Å². The van der Waals surface area contributed by atoms with E-state index in [1.54, 1.807) is 17.0 Å². The maximum atomic E-state index is 13.3. The Hall–Kier alpha value is -3.02. The number of likely N-dealkylation sites (tertiary alicyclic amines) is 1. The second-order valence-electron chi connectivity index (χ2n) is 6.85. The number of rotatable bonds is 4. The number of hydrogen-bond donors (Lipinski definition) is 0. The Balaban J connectivity index is 1.37. The molecule has 0 spiro atoms. The second kappa shape index (κ2) is 7.70. The van der Waals surface area contributed by atoms with Gasteiger partial charge in [0.25, 0.3) is 0 Å². The number of piperidine rings is 1. The van der Waals surface area contributed by atoms with Gasteiger partial charge in [0.1, 0.15) is 5.82 Å². The molecule has 138 valence electrons. The van der Waals surface area contributed by atoms with Crippen LogP contribution < -0.4 is 0 Å². The molecule has 0 saturated carbocycles. The molecule has 5 nitrogen and oxygen atoms in total. The van der Waals surface area contributed by atoms with Gasteiger partial charge in [0.05, 0.1) is 0 Å². The monoisotopic (exact) mass is 365 g/mol. The Kier molecular flexibility index (Phi) is 4.96. The van der Waals surface area contributed by atoms with Gasteiger partial charge in [-0.15, -0.1) is 10.2 Å². The van der Waals surface area contributed by atoms with Crippen LogP contribution in [0.4, 0.5) is 4.39 Å². The zero-order chi connectivity index (χ0) is 18.6. The summed E-state index contributed by atoms with van der Waals surface area (Å²) in [5.41, 5.74) is 1.79. The van der Waals surface area contributed by atoms with Crippen molar-refractivity contribution >= 4 is 5.91 Å². The Morgan fingerprint density at radius 3 is 2.59 bits per heavy atom. The number of aromatic nitrogens is 2. The van der Waals surface area contributed by atoms with Gasteiger partial charge in [-0.2, -0.15) is 0 Å². The molecular formula is C21H20FN3O2. The van der Waals surface area contributed by atoms with E-state index in [4.69, 9.17) is 4.42 Å². The zero-order valence-electron chi connectivity index (χ0n) is 14.8. The van der Waals surface area contributed by atoms with Gasteiger partial charge in [-0.05, 0) is 48.9 Å². The molecule has 1 aliphatic heterocycles. The number of benzene rings is 2. The van der Waals surface area contributed by atoms with Crippen molar-refractivity contribution in [2.24, 2.45) is 5.92 Å². The predicted octanol–water partition coefficient (Wildman–Crippen LogP) is 3.97. The average Bonchev–Trinajstić information content (AvgIpc) is 3.19. The fraction of sp³-hybridized carbons (Fsp3) is 0.286. The van der Waals surface area contributed by atoms with Crippen LogP contribution in [0.1, 0.15) is 29.1 Å². The molecule has 1 aromatic heterocycles. The van der Waals surface area contributed by atoms with Crippen LogP contribution in [0.5, 0.6) is 0 Å². The third kappa shape index (κ3) is 4.05. The molecule has 0 aliphatic carbocycles. The van der Waals surface area contributed by atoms with E-state index in [9.17, 15) is 9.18 Å². The van der Waals surface area contributed by atoms with Crippen LogP contribution in [-0.2, 0) is 6.42 Å². The highest BCUT2D eigenvalue weighted by atomic mass is 19.1. The third-order valence-electron chi connectivity index (χ3n) is 4.95. The molecule has 1 aliphatic rings. The zero-order valence-corrected chi connectivity index (χ0v) is 14.8. The quantitative estimate of drug-likeness (QED) is 0.702. The topological polar surface area (TPSA) is 59.2 Å². The lowest BCUT2D eigenvalue weighted by molar-refractivity contribution is 0.0651. The summed E-state index contributed by atoms with van der Waals surface area (Å²) in [4.78, 5) is 14.4. The Labute approximate surface area is 156 Å². The summed E-state index contributed by atoms with van der Waals surface area (Å²) in [6, 6.07) is 16.3. The first-order valence-electron chi connectivity index (χ1n) is 9.11. The molecule has 2 aromatic carbocycles. The molecule has 0 bridgehead atoms. The van der Waals surface area contributed by atoms with Gasteiger partial charge in [0.15, 0.2) is 0 Å². The number of carbonyl (C=O) groups excluding carboxylic acids is 1. The number of amides is 1. The fourth-order valence-corrected chi connectivity index (χ4v) is 3.47. The van der Waals surface area contributed by atoms with Crippen molar-refractivity contribution in [1.29, 1.82) is 0 Å². The summed E-state index contributed by atoms with van der Waals surface area (Å²) in [7, 11) is 0. The van der Waals surface area contributed by atoms with Gasteiger partial charge in [-0.25, -0.2) is 4.39 Å². The molecule has 3 aromatic rings. The summed E-state index contributed by atoms with van der Waals surface area (Å²) < 4.78 is 18.8. The lowest BCUT2D eigenvalue weighted by Gasteiger charge is -2.31. The normalized spacial score (nSPS) is 15.1. The predicted molar refractivity (Wildman–Crippen MR) is 98.5 cm³/mol. The first-order valence-corrected chi connectivity index (χ1v) is 9.11. The minimum atomic E-state index is -0.390. The largest absolute Gasteiger partial charge is 0.412 e. The van der Waals surface area contributed by atoms with Gasteiger partial charge < -0.3 is 9.32 Å². The lowest BCUT2D eigenvalue weighted by Crippen LogP contribution is -2.39. The molecule has 0 unspecified atom stereocenters. The van der Waals surface area contributed by atoms with E-state index >= 15 is 0 Å². The van der Waals surface area contributed by atoms with Crippen LogP contribution in [0.3, 0.4) is 0 Å². The van der Waals surface area contributed by atoms with E-state index in [0.29, 0.717) is 24.6 Å². The highest BCUT2D eigenvalue weighted by molar-refractivity contribution is 5.89. The Morgan fingerprint density at radius 2 is 1.85 bits per heavy atom. The molecule has 1 fully saturated rings. The molecule has 0 atom stereocenters. The smallest absolute Gasteiger partial charge is 0.311 e. The molecule has 1 saturated heterocycles. The van der Waals surface area contributed by atoms with Crippen molar-refractivity contribution in [1.82, 2.24) is 15.1 Å². The summed E-state index contributed by atoms with van der Waals surface area (Å²) >= 11 is 0. The van der Waals surface area contributed by atoms with Crippen molar-refractivity contribution in [3.63, 3.8) is 0 Å². The molecular weight excluding hydrogens is 345 g/mol. The summed E-state index contributed by atoms with van der Waals surface area (Å²) in [6.45, 7) is 1.35. The van der Waals surface area contributed by atoms with Crippen molar-refractivity contribution < 1.29 is 13.6 Å². The first kappa shape index (κ1) is 17.4. The summed E-state index contributed by atoms with van der Waals surface area (Å²) in [5, 5.41) is 7.74. The van der Waals surface area contributed by atoms with E-state index in [-0.39, 0.29) is 23.5 Å². The van der Waals surface area contributed by atoms with E-state index in [1.807, 2.05) is 6.07 Å². The van der Waals surface area contributed by atoms with E-state index < -0.39 is 0 Å². The van der Waals surface area contributed by atoms with Crippen LogP contribution in [0.25, 0.3) is 11.5 Å². The van der Waals surface area contributed by atoms with Crippen LogP contribution in [0.15, 0.2) is 59.0 Å². The van der Waals surface area contributed by atoms with Crippen LogP contribution in [0.2, 0.25) is 0 Å². The van der Waals surface area contributed by atoms with Gasteiger partial charge in [0, 0.05) is 18.7 Å². The van der Waals surface area contributed by atoms with Crippen LogP contribution in [-0.4, -0.2) is 34.1 Å². The maximum absolute atomic E-state index is 13.3. The minimum Gasteiger partial charge on any atom is -0.412 e. The molecule has 0 radical (unpaired) electrons. The van der Waals surface area contributed by atoms with Crippen molar-refractivity contribution in [3.8, 4) is 11.5 Å².